The Balaban J connectivity index is 1.58. The normalized spacial score (nSPS) is 16.6. The average Bonchev–Trinajstić information content (AvgIpc) is 2.68. The molecule has 132 valence electrons. The summed E-state index contributed by atoms with van der Waals surface area (Å²) >= 11 is 0. The van der Waals surface area contributed by atoms with Crippen molar-refractivity contribution in [3.63, 3.8) is 0 Å². The molecule has 1 aromatic carbocycles. The average molecular weight is 336 g/mol. The molecule has 3 heteroatoms. The minimum absolute atomic E-state index is 0.0149. The highest BCUT2D eigenvalue weighted by Crippen LogP contribution is 2.27. The van der Waals surface area contributed by atoms with Crippen LogP contribution in [0.15, 0.2) is 54.9 Å². The second-order valence-electron chi connectivity index (χ2n) is 7.09. The second kappa shape index (κ2) is 8.80. The molecule has 1 aromatic heterocycles. The predicted molar refractivity (Wildman–Crippen MR) is 101 cm³/mol. The summed E-state index contributed by atoms with van der Waals surface area (Å²) in [6.45, 7) is 3.93. The van der Waals surface area contributed by atoms with E-state index < -0.39 is 0 Å². The number of piperidine rings is 1. The standard InChI is InChI=1S/C22H28N2O/c1-2-7-21(20-9-4-3-5-10-20)22(25)24-14-11-18(12-15-24)16-19-8-6-13-23-17-19/h3-6,8-10,13,17-18,21H,2,7,11-12,14-16H2,1H3. The Kier molecular flexibility index (Phi) is 6.21. The summed E-state index contributed by atoms with van der Waals surface area (Å²) in [5, 5.41) is 0. The molecule has 25 heavy (non-hydrogen) atoms. The van der Waals surface area contributed by atoms with Crippen LogP contribution in [0.5, 0.6) is 0 Å². The first-order valence-corrected chi connectivity index (χ1v) is 9.50. The van der Waals surface area contributed by atoms with Gasteiger partial charge in [-0.15, -0.1) is 0 Å². The molecule has 1 aliphatic heterocycles. The number of nitrogens with zero attached hydrogens (tertiary/aromatic N) is 2. The first-order valence-electron chi connectivity index (χ1n) is 9.50. The van der Waals surface area contributed by atoms with E-state index in [9.17, 15) is 4.79 Å². The molecule has 0 aliphatic carbocycles. The third-order valence-electron chi connectivity index (χ3n) is 5.25. The number of benzene rings is 1. The topological polar surface area (TPSA) is 33.2 Å². The van der Waals surface area contributed by atoms with Crippen LogP contribution < -0.4 is 0 Å². The number of pyridine rings is 1. The smallest absolute Gasteiger partial charge is 0.230 e. The summed E-state index contributed by atoms with van der Waals surface area (Å²) in [5.41, 5.74) is 2.47. The Hall–Kier alpha value is -2.16. The van der Waals surface area contributed by atoms with E-state index in [1.165, 1.54) is 5.56 Å². The molecule has 0 spiro atoms. The summed E-state index contributed by atoms with van der Waals surface area (Å²) < 4.78 is 0. The van der Waals surface area contributed by atoms with Crippen molar-refractivity contribution >= 4 is 5.91 Å². The number of hydrogen-bond donors (Lipinski definition) is 0. The molecule has 1 aliphatic rings. The molecule has 0 bridgehead atoms. The minimum atomic E-state index is 0.0149. The molecule has 2 heterocycles. The lowest BCUT2D eigenvalue weighted by molar-refractivity contribution is -0.134. The molecule has 1 unspecified atom stereocenters. The molecule has 1 amide bonds. The Morgan fingerprint density at radius 3 is 2.56 bits per heavy atom. The van der Waals surface area contributed by atoms with Crippen molar-refractivity contribution in [1.29, 1.82) is 0 Å². The van der Waals surface area contributed by atoms with E-state index in [4.69, 9.17) is 0 Å². The molecule has 0 saturated carbocycles. The minimum Gasteiger partial charge on any atom is -0.342 e. The van der Waals surface area contributed by atoms with Gasteiger partial charge in [-0.2, -0.15) is 0 Å². The second-order valence-corrected chi connectivity index (χ2v) is 7.09. The highest BCUT2D eigenvalue weighted by atomic mass is 16.2. The van der Waals surface area contributed by atoms with Crippen molar-refractivity contribution in [3.8, 4) is 0 Å². The fraction of sp³-hybridized carbons (Fsp3) is 0.455. The van der Waals surface area contributed by atoms with Crippen molar-refractivity contribution < 1.29 is 4.79 Å². The summed E-state index contributed by atoms with van der Waals surface area (Å²) in [4.78, 5) is 19.4. The van der Waals surface area contributed by atoms with Crippen LogP contribution in [0.2, 0.25) is 0 Å². The van der Waals surface area contributed by atoms with Crippen LogP contribution in [0.25, 0.3) is 0 Å². The molecule has 3 nitrogen and oxygen atoms in total. The van der Waals surface area contributed by atoms with Gasteiger partial charge < -0.3 is 4.90 Å². The van der Waals surface area contributed by atoms with Crippen LogP contribution >= 0.6 is 0 Å². The lowest BCUT2D eigenvalue weighted by atomic mass is 9.88. The maximum atomic E-state index is 13.1. The van der Waals surface area contributed by atoms with E-state index in [2.05, 4.69) is 35.0 Å². The van der Waals surface area contributed by atoms with Gasteiger partial charge in [0.25, 0.3) is 0 Å². The van der Waals surface area contributed by atoms with Gasteiger partial charge in [-0.3, -0.25) is 9.78 Å². The quantitative estimate of drug-likeness (QED) is 0.781. The third kappa shape index (κ3) is 4.68. The number of hydrogen-bond acceptors (Lipinski definition) is 2. The van der Waals surface area contributed by atoms with E-state index in [1.54, 1.807) is 0 Å². The molecule has 3 rings (SSSR count). The zero-order valence-corrected chi connectivity index (χ0v) is 15.1. The van der Waals surface area contributed by atoms with Gasteiger partial charge in [-0.25, -0.2) is 0 Å². The van der Waals surface area contributed by atoms with E-state index in [0.717, 1.165) is 50.8 Å². The molecule has 0 N–H and O–H groups in total. The van der Waals surface area contributed by atoms with Crippen molar-refractivity contribution in [2.45, 2.75) is 44.9 Å². The number of carbonyl (C=O) groups is 1. The zero-order valence-electron chi connectivity index (χ0n) is 15.1. The van der Waals surface area contributed by atoms with E-state index in [0.29, 0.717) is 11.8 Å². The highest BCUT2D eigenvalue weighted by Gasteiger charge is 2.28. The van der Waals surface area contributed by atoms with Gasteiger partial charge in [0.1, 0.15) is 0 Å². The van der Waals surface area contributed by atoms with Crippen LogP contribution in [0.4, 0.5) is 0 Å². The van der Waals surface area contributed by atoms with E-state index in [1.807, 2.05) is 36.7 Å². The Morgan fingerprint density at radius 2 is 1.92 bits per heavy atom. The molecular weight excluding hydrogens is 308 g/mol. The highest BCUT2D eigenvalue weighted by molar-refractivity contribution is 5.83. The van der Waals surface area contributed by atoms with Gasteiger partial charge in [-0.05, 0) is 48.8 Å². The van der Waals surface area contributed by atoms with Crippen molar-refractivity contribution in [3.05, 3.63) is 66.0 Å². The van der Waals surface area contributed by atoms with Crippen LogP contribution in [0, 0.1) is 5.92 Å². The van der Waals surface area contributed by atoms with Crippen LogP contribution in [-0.2, 0) is 11.2 Å². The number of amides is 1. The Labute approximate surface area is 151 Å². The van der Waals surface area contributed by atoms with E-state index in [-0.39, 0.29) is 5.92 Å². The molecular formula is C22H28N2O. The molecule has 1 saturated heterocycles. The zero-order chi connectivity index (χ0) is 17.5. The van der Waals surface area contributed by atoms with Crippen molar-refractivity contribution in [2.24, 2.45) is 5.92 Å². The monoisotopic (exact) mass is 336 g/mol. The summed E-state index contributed by atoms with van der Waals surface area (Å²) in [6, 6.07) is 14.4. The van der Waals surface area contributed by atoms with Crippen molar-refractivity contribution in [2.75, 3.05) is 13.1 Å². The molecule has 0 radical (unpaired) electrons. The van der Waals surface area contributed by atoms with E-state index >= 15 is 0 Å². The van der Waals surface area contributed by atoms with Crippen LogP contribution in [-0.4, -0.2) is 28.9 Å². The maximum Gasteiger partial charge on any atom is 0.230 e. The van der Waals surface area contributed by atoms with Gasteiger partial charge in [0.2, 0.25) is 5.91 Å². The Morgan fingerprint density at radius 1 is 1.16 bits per heavy atom. The fourth-order valence-electron chi connectivity index (χ4n) is 3.84. The Bertz CT molecular complexity index is 648. The van der Waals surface area contributed by atoms with Gasteiger partial charge in [0.05, 0.1) is 5.92 Å². The van der Waals surface area contributed by atoms with Crippen molar-refractivity contribution in [1.82, 2.24) is 9.88 Å². The summed E-state index contributed by atoms with van der Waals surface area (Å²) in [7, 11) is 0. The van der Waals surface area contributed by atoms with Gasteiger partial charge >= 0.3 is 0 Å². The lowest BCUT2D eigenvalue weighted by Crippen LogP contribution is -2.41. The predicted octanol–water partition coefficient (Wildman–Crippen LogP) is 4.45. The summed E-state index contributed by atoms with van der Waals surface area (Å²) in [6.07, 6.45) is 9.00. The van der Waals surface area contributed by atoms with Gasteiger partial charge in [0, 0.05) is 25.5 Å². The molecule has 1 fully saturated rings. The number of carbonyl (C=O) groups excluding carboxylic acids is 1. The first-order chi connectivity index (χ1) is 12.3. The molecule has 1 atom stereocenters. The van der Waals surface area contributed by atoms with Crippen LogP contribution in [0.3, 0.4) is 0 Å². The lowest BCUT2D eigenvalue weighted by Gasteiger charge is -2.34. The number of aromatic nitrogens is 1. The first kappa shape index (κ1) is 17.7. The third-order valence-corrected chi connectivity index (χ3v) is 5.25. The fourth-order valence-corrected chi connectivity index (χ4v) is 3.84. The SMILES string of the molecule is CCCC(C(=O)N1CCC(Cc2cccnc2)CC1)c1ccccc1. The maximum absolute atomic E-state index is 13.1. The largest absolute Gasteiger partial charge is 0.342 e. The molecule has 2 aromatic rings. The number of rotatable bonds is 6. The van der Waals surface area contributed by atoms with Gasteiger partial charge in [0.15, 0.2) is 0 Å². The summed E-state index contributed by atoms with van der Waals surface area (Å²) in [5.74, 6) is 0.989. The number of likely N-dealkylation sites (tertiary alicyclic amines) is 1. The van der Waals surface area contributed by atoms with Gasteiger partial charge in [-0.1, -0.05) is 49.7 Å². The van der Waals surface area contributed by atoms with Crippen LogP contribution in [0.1, 0.15) is 49.7 Å².